The summed E-state index contributed by atoms with van der Waals surface area (Å²) in [6.45, 7) is 6.25. The quantitative estimate of drug-likeness (QED) is 0.464. The summed E-state index contributed by atoms with van der Waals surface area (Å²) in [6, 6.07) is 18.6. The predicted molar refractivity (Wildman–Crippen MR) is 112 cm³/mol. The van der Waals surface area contributed by atoms with Gasteiger partial charge in [-0.1, -0.05) is 38.1 Å². The molecule has 3 heterocycles. The van der Waals surface area contributed by atoms with Gasteiger partial charge in [0.25, 0.3) is 0 Å². The molecular weight excluding hydrogens is 333 g/mol. The van der Waals surface area contributed by atoms with Gasteiger partial charge in [0, 0.05) is 17.0 Å². The second-order valence-electron chi connectivity index (χ2n) is 7.63. The van der Waals surface area contributed by atoms with Crippen molar-refractivity contribution in [2.45, 2.75) is 32.4 Å². The summed E-state index contributed by atoms with van der Waals surface area (Å²) in [4.78, 5) is 8.94. The molecule has 1 atom stereocenters. The third-order valence-electron chi connectivity index (χ3n) is 5.28. The van der Waals surface area contributed by atoms with Crippen LogP contribution < -0.4 is 9.80 Å². The Balaban J connectivity index is 1.78. The summed E-state index contributed by atoms with van der Waals surface area (Å²) in [5, 5.41) is 2.11. The normalized spacial score (nSPS) is 17.1. The number of para-hydroxylation sites is 3. The Hall–Kier alpha value is -2.95. The molecule has 2 radical (unpaired) electrons. The molecule has 5 rings (SSSR count). The first-order valence-corrected chi connectivity index (χ1v) is 9.19. The van der Waals surface area contributed by atoms with E-state index in [9.17, 15) is 0 Å². The monoisotopic (exact) mass is 353 g/mol. The van der Waals surface area contributed by atoms with Crippen LogP contribution >= 0.6 is 0 Å². The minimum absolute atomic E-state index is 0.0502. The van der Waals surface area contributed by atoms with Crippen LogP contribution in [0.5, 0.6) is 0 Å². The summed E-state index contributed by atoms with van der Waals surface area (Å²) < 4.78 is 6.18. The zero-order valence-electron chi connectivity index (χ0n) is 15.7. The second-order valence-corrected chi connectivity index (χ2v) is 7.63. The largest absolute Gasteiger partial charge is 0.436 e. The van der Waals surface area contributed by atoms with E-state index < -0.39 is 5.44 Å². The highest BCUT2D eigenvalue weighted by Crippen LogP contribution is 2.48. The van der Waals surface area contributed by atoms with Crippen LogP contribution in [0.25, 0.3) is 22.1 Å². The number of benzene rings is 2. The van der Waals surface area contributed by atoms with Crippen LogP contribution in [0.1, 0.15) is 20.8 Å². The number of pyridine rings is 1. The standard InChI is InChI=1S/C22H20BN3O/c1-14-25(17-10-4-5-11-18(17)26(14)22(2,3)23)19-12-6-8-15-16-9-7-13-24-21(16)27-20(15)19/h4-14H,1-3H3. The molecule has 0 saturated carbocycles. The molecule has 0 fully saturated rings. The molecule has 1 aliphatic heterocycles. The van der Waals surface area contributed by atoms with Crippen LogP contribution in [0, 0.1) is 0 Å². The van der Waals surface area contributed by atoms with Crippen LogP contribution in [-0.4, -0.2) is 24.4 Å². The lowest BCUT2D eigenvalue weighted by molar-refractivity contribution is 0.560. The molecule has 2 aromatic heterocycles. The first-order valence-electron chi connectivity index (χ1n) is 9.19. The van der Waals surface area contributed by atoms with E-state index in [0.29, 0.717) is 5.71 Å². The summed E-state index contributed by atoms with van der Waals surface area (Å²) >= 11 is 0. The average Bonchev–Trinajstić information content (AvgIpc) is 3.16. The van der Waals surface area contributed by atoms with E-state index in [-0.39, 0.29) is 6.17 Å². The lowest BCUT2D eigenvalue weighted by atomic mass is 9.79. The molecule has 2 aromatic carbocycles. The van der Waals surface area contributed by atoms with Crippen molar-refractivity contribution in [3.05, 3.63) is 60.8 Å². The van der Waals surface area contributed by atoms with Crippen molar-refractivity contribution < 1.29 is 4.42 Å². The number of hydrogen-bond acceptors (Lipinski definition) is 4. The third-order valence-corrected chi connectivity index (χ3v) is 5.28. The number of furan rings is 1. The molecule has 0 aliphatic carbocycles. The number of nitrogens with zero attached hydrogens (tertiary/aromatic N) is 3. The average molecular weight is 353 g/mol. The number of aromatic nitrogens is 1. The van der Waals surface area contributed by atoms with Crippen molar-refractivity contribution >= 4 is 47.0 Å². The van der Waals surface area contributed by atoms with Crippen molar-refractivity contribution in [1.29, 1.82) is 0 Å². The van der Waals surface area contributed by atoms with Gasteiger partial charge in [0.15, 0.2) is 5.58 Å². The SMILES string of the molecule is [B]C(C)(C)N1c2ccccc2N(c2cccc3c2oc2ncccc23)C1C. The van der Waals surface area contributed by atoms with Crippen molar-refractivity contribution in [2.24, 2.45) is 0 Å². The van der Waals surface area contributed by atoms with Gasteiger partial charge in [-0.25, -0.2) is 4.98 Å². The van der Waals surface area contributed by atoms with E-state index >= 15 is 0 Å². The fourth-order valence-corrected chi connectivity index (χ4v) is 4.32. The fourth-order valence-electron chi connectivity index (χ4n) is 4.32. The maximum absolute atomic E-state index is 6.53. The van der Waals surface area contributed by atoms with Gasteiger partial charge >= 0.3 is 0 Å². The fraction of sp³-hybridized carbons (Fsp3) is 0.227. The molecule has 0 N–H and O–H groups in total. The summed E-state index contributed by atoms with van der Waals surface area (Å²) in [6.07, 6.45) is 1.81. The Kier molecular flexibility index (Phi) is 3.32. The molecule has 132 valence electrons. The van der Waals surface area contributed by atoms with Gasteiger partial charge in [-0.3, -0.25) is 0 Å². The minimum Gasteiger partial charge on any atom is -0.436 e. The van der Waals surface area contributed by atoms with Gasteiger partial charge in [-0.15, -0.1) is 0 Å². The first kappa shape index (κ1) is 16.2. The summed E-state index contributed by atoms with van der Waals surface area (Å²) in [5.41, 5.74) is 4.30. The molecule has 4 aromatic rings. The second kappa shape index (κ2) is 5.52. The molecule has 0 bridgehead atoms. The molecular formula is C22H20BN3O. The van der Waals surface area contributed by atoms with E-state index in [2.05, 4.69) is 70.2 Å². The molecule has 0 spiro atoms. The lowest BCUT2D eigenvalue weighted by Gasteiger charge is -2.40. The van der Waals surface area contributed by atoms with Crippen LogP contribution in [0.3, 0.4) is 0 Å². The summed E-state index contributed by atoms with van der Waals surface area (Å²) in [7, 11) is 6.53. The van der Waals surface area contributed by atoms with E-state index in [1.165, 1.54) is 0 Å². The third kappa shape index (κ3) is 2.27. The van der Waals surface area contributed by atoms with Gasteiger partial charge in [-0.2, -0.15) is 0 Å². The Morgan fingerprint density at radius 3 is 2.41 bits per heavy atom. The van der Waals surface area contributed by atoms with Crippen LogP contribution in [0.2, 0.25) is 0 Å². The van der Waals surface area contributed by atoms with Gasteiger partial charge in [0.2, 0.25) is 5.71 Å². The smallest absolute Gasteiger partial charge is 0.227 e. The van der Waals surface area contributed by atoms with Gasteiger partial charge in [0.1, 0.15) is 14.0 Å². The van der Waals surface area contributed by atoms with Gasteiger partial charge in [-0.05, 0) is 42.7 Å². The first-order chi connectivity index (χ1) is 13.0. The Labute approximate surface area is 159 Å². The van der Waals surface area contributed by atoms with Crippen molar-refractivity contribution in [3.63, 3.8) is 0 Å². The highest BCUT2D eigenvalue weighted by atomic mass is 16.3. The van der Waals surface area contributed by atoms with Crippen molar-refractivity contribution in [1.82, 2.24) is 4.98 Å². The van der Waals surface area contributed by atoms with Crippen molar-refractivity contribution in [2.75, 3.05) is 9.80 Å². The Bertz CT molecular complexity index is 1160. The Morgan fingerprint density at radius 1 is 0.926 bits per heavy atom. The van der Waals surface area contributed by atoms with E-state index in [1.807, 2.05) is 19.9 Å². The molecule has 1 unspecified atom stereocenters. The number of rotatable bonds is 2. The molecule has 4 nitrogen and oxygen atoms in total. The van der Waals surface area contributed by atoms with E-state index in [1.54, 1.807) is 6.20 Å². The molecule has 0 amide bonds. The van der Waals surface area contributed by atoms with Crippen LogP contribution in [0.4, 0.5) is 17.1 Å². The maximum atomic E-state index is 6.53. The predicted octanol–water partition coefficient (Wildman–Crippen LogP) is 5.19. The van der Waals surface area contributed by atoms with Crippen LogP contribution in [-0.2, 0) is 0 Å². The molecule has 27 heavy (non-hydrogen) atoms. The Morgan fingerprint density at radius 2 is 1.63 bits per heavy atom. The molecule has 1 aliphatic rings. The maximum Gasteiger partial charge on any atom is 0.227 e. The number of anilines is 3. The number of fused-ring (bicyclic) bond motifs is 4. The zero-order valence-corrected chi connectivity index (χ0v) is 15.7. The van der Waals surface area contributed by atoms with E-state index in [0.717, 1.165) is 33.4 Å². The summed E-state index contributed by atoms with van der Waals surface area (Å²) in [5.74, 6) is 0. The number of hydrogen-bond donors (Lipinski definition) is 0. The van der Waals surface area contributed by atoms with Crippen molar-refractivity contribution in [3.8, 4) is 0 Å². The van der Waals surface area contributed by atoms with Gasteiger partial charge in [0.05, 0.1) is 17.1 Å². The topological polar surface area (TPSA) is 32.5 Å². The van der Waals surface area contributed by atoms with Gasteiger partial charge < -0.3 is 14.2 Å². The highest BCUT2D eigenvalue weighted by molar-refractivity contribution is 6.17. The lowest BCUT2D eigenvalue weighted by Crippen LogP contribution is -2.51. The van der Waals surface area contributed by atoms with E-state index in [4.69, 9.17) is 12.3 Å². The highest BCUT2D eigenvalue weighted by Gasteiger charge is 2.39. The van der Waals surface area contributed by atoms with Crippen LogP contribution in [0.15, 0.2) is 65.2 Å². The zero-order chi connectivity index (χ0) is 18.8. The minimum atomic E-state index is -0.492. The molecule has 5 heteroatoms. The molecule has 0 saturated heterocycles.